The fourth-order valence-electron chi connectivity index (χ4n) is 0.955. The zero-order chi connectivity index (χ0) is 9.52. The summed E-state index contributed by atoms with van der Waals surface area (Å²) in [5.74, 6) is 0.661. The molecule has 0 aliphatic rings. The molecule has 14 heavy (non-hydrogen) atoms. The maximum Gasteiger partial charge on any atom is 0.0717 e. The second-order valence-electron chi connectivity index (χ2n) is 2.94. The number of benzene rings is 1. The van der Waals surface area contributed by atoms with E-state index >= 15 is 0 Å². The van der Waals surface area contributed by atoms with Crippen LogP contribution in [0.1, 0.15) is 5.56 Å². The summed E-state index contributed by atoms with van der Waals surface area (Å²) in [5, 5.41) is 0. The predicted molar refractivity (Wildman–Crippen MR) is 65.2 cm³/mol. The molecule has 0 aliphatic carbocycles. The summed E-state index contributed by atoms with van der Waals surface area (Å²) in [4.78, 5) is 0. The van der Waals surface area contributed by atoms with Crippen molar-refractivity contribution in [2.75, 3.05) is 12.4 Å². The van der Waals surface area contributed by atoms with E-state index in [0.29, 0.717) is 19.0 Å². The van der Waals surface area contributed by atoms with Crippen molar-refractivity contribution in [2.24, 2.45) is 5.73 Å². The summed E-state index contributed by atoms with van der Waals surface area (Å²) in [7, 11) is 0. The molecule has 0 amide bonds. The molecule has 1 atom stereocenters. The summed E-state index contributed by atoms with van der Waals surface area (Å²) < 4.78 is 5.40. The molecule has 1 rings (SSSR count). The van der Waals surface area contributed by atoms with Crippen LogP contribution in [0.5, 0.6) is 0 Å². The molecule has 1 aromatic carbocycles. The van der Waals surface area contributed by atoms with Crippen LogP contribution in [0.25, 0.3) is 0 Å². The highest BCUT2D eigenvalue weighted by atomic mass is 35.5. The molecular formula is C10H16ClNOS. The normalized spacial score (nSPS) is 11.9. The number of halogens is 1. The fraction of sp³-hybridized carbons (Fsp3) is 0.400. The van der Waals surface area contributed by atoms with Gasteiger partial charge in [0.1, 0.15) is 0 Å². The van der Waals surface area contributed by atoms with Gasteiger partial charge in [0.05, 0.1) is 13.2 Å². The number of nitrogens with two attached hydrogens (primary N) is 1. The van der Waals surface area contributed by atoms with Gasteiger partial charge >= 0.3 is 0 Å². The smallest absolute Gasteiger partial charge is 0.0717 e. The molecule has 0 spiro atoms. The Morgan fingerprint density at radius 3 is 2.50 bits per heavy atom. The Labute approximate surface area is 96.7 Å². The highest BCUT2D eigenvalue weighted by molar-refractivity contribution is 7.80. The molecule has 0 unspecified atom stereocenters. The Hall–Kier alpha value is -0.220. The number of hydrogen-bond donors (Lipinski definition) is 2. The van der Waals surface area contributed by atoms with Crippen molar-refractivity contribution >= 4 is 25.0 Å². The van der Waals surface area contributed by atoms with Crippen LogP contribution in [0.2, 0.25) is 0 Å². The number of hydrogen-bond acceptors (Lipinski definition) is 3. The van der Waals surface area contributed by atoms with E-state index in [-0.39, 0.29) is 18.4 Å². The van der Waals surface area contributed by atoms with Crippen LogP contribution in [0.15, 0.2) is 30.3 Å². The number of rotatable bonds is 5. The molecule has 0 saturated heterocycles. The van der Waals surface area contributed by atoms with Crippen LogP contribution in [-0.2, 0) is 11.3 Å². The SMILES string of the molecule is Cl.N[C@H](CS)COCc1ccccc1. The second kappa shape index (κ2) is 8.12. The monoisotopic (exact) mass is 233 g/mol. The average molecular weight is 234 g/mol. The molecule has 0 fully saturated rings. The number of thiol groups is 1. The first-order chi connectivity index (χ1) is 6.33. The van der Waals surface area contributed by atoms with Gasteiger partial charge in [-0.3, -0.25) is 0 Å². The zero-order valence-corrected chi connectivity index (χ0v) is 9.64. The molecule has 0 saturated carbocycles. The van der Waals surface area contributed by atoms with Crippen LogP contribution >= 0.6 is 25.0 Å². The van der Waals surface area contributed by atoms with Gasteiger partial charge in [-0.05, 0) is 5.56 Å². The van der Waals surface area contributed by atoms with E-state index in [9.17, 15) is 0 Å². The quantitative estimate of drug-likeness (QED) is 0.762. The number of ether oxygens (including phenoxy) is 1. The van der Waals surface area contributed by atoms with Crippen molar-refractivity contribution in [3.8, 4) is 0 Å². The van der Waals surface area contributed by atoms with Gasteiger partial charge in [-0.1, -0.05) is 30.3 Å². The molecule has 0 heterocycles. The molecule has 80 valence electrons. The van der Waals surface area contributed by atoms with Crippen LogP contribution in [-0.4, -0.2) is 18.4 Å². The third-order valence-electron chi connectivity index (χ3n) is 1.68. The lowest BCUT2D eigenvalue weighted by atomic mass is 10.2. The summed E-state index contributed by atoms with van der Waals surface area (Å²) in [6.07, 6.45) is 0. The maximum atomic E-state index is 5.64. The summed E-state index contributed by atoms with van der Waals surface area (Å²) in [6.45, 7) is 1.20. The highest BCUT2D eigenvalue weighted by Crippen LogP contribution is 2.00. The molecule has 2 nitrogen and oxygen atoms in total. The van der Waals surface area contributed by atoms with E-state index in [1.165, 1.54) is 5.56 Å². The van der Waals surface area contributed by atoms with Gasteiger partial charge in [0.2, 0.25) is 0 Å². The van der Waals surface area contributed by atoms with Crippen molar-refractivity contribution in [1.29, 1.82) is 0 Å². The lowest BCUT2D eigenvalue weighted by Crippen LogP contribution is -2.27. The molecular weight excluding hydrogens is 218 g/mol. The van der Waals surface area contributed by atoms with E-state index < -0.39 is 0 Å². The largest absolute Gasteiger partial charge is 0.375 e. The standard InChI is InChI=1S/C10H15NOS.ClH/c11-10(8-13)7-12-6-9-4-2-1-3-5-9;/h1-5,10,13H,6-8,11H2;1H/t10-;/m0./s1. The molecule has 0 aromatic heterocycles. The Bertz CT molecular complexity index is 233. The minimum Gasteiger partial charge on any atom is -0.375 e. The van der Waals surface area contributed by atoms with Gasteiger partial charge in [0.15, 0.2) is 0 Å². The van der Waals surface area contributed by atoms with Crippen LogP contribution in [0.3, 0.4) is 0 Å². The zero-order valence-electron chi connectivity index (χ0n) is 7.93. The lowest BCUT2D eigenvalue weighted by Gasteiger charge is -2.08. The van der Waals surface area contributed by atoms with Gasteiger partial charge in [-0.2, -0.15) is 12.6 Å². The van der Waals surface area contributed by atoms with Gasteiger partial charge < -0.3 is 10.5 Å². The minimum atomic E-state index is 0. The van der Waals surface area contributed by atoms with E-state index in [0.717, 1.165) is 0 Å². The van der Waals surface area contributed by atoms with Crippen molar-refractivity contribution in [2.45, 2.75) is 12.6 Å². The summed E-state index contributed by atoms with van der Waals surface area (Å²) >= 11 is 4.07. The van der Waals surface area contributed by atoms with Crippen molar-refractivity contribution in [3.05, 3.63) is 35.9 Å². The van der Waals surface area contributed by atoms with Crippen molar-refractivity contribution in [3.63, 3.8) is 0 Å². The first-order valence-electron chi connectivity index (χ1n) is 4.31. The van der Waals surface area contributed by atoms with Crippen LogP contribution in [0.4, 0.5) is 0 Å². The second-order valence-corrected chi connectivity index (χ2v) is 3.31. The van der Waals surface area contributed by atoms with Crippen LogP contribution in [0, 0.1) is 0 Å². The third-order valence-corrected chi connectivity index (χ3v) is 2.15. The highest BCUT2D eigenvalue weighted by Gasteiger charge is 1.98. The lowest BCUT2D eigenvalue weighted by molar-refractivity contribution is 0.112. The maximum absolute atomic E-state index is 5.64. The van der Waals surface area contributed by atoms with Gasteiger partial charge in [-0.15, -0.1) is 12.4 Å². The van der Waals surface area contributed by atoms with E-state index in [4.69, 9.17) is 10.5 Å². The first-order valence-corrected chi connectivity index (χ1v) is 4.94. The Kier molecular flexibility index (Phi) is 7.99. The average Bonchev–Trinajstić information content (AvgIpc) is 2.19. The minimum absolute atomic E-state index is 0. The van der Waals surface area contributed by atoms with Crippen LogP contribution < -0.4 is 5.73 Å². The van der Waals surface area contributed by atoms with Gasteiger partial charge in [-0.25, -0.2) is 0 Å². The summed E-state index contributed by atoms with van der Waals surface area (Å²) in [6, 6.07) is 10.1. The molecule has 2 N–H and O–H groups in total. The first kappa shape index (κ1) is 13.8. The molecule has 0 aliphatic heterocycles. The Morgan fingerprint density at radius 2 is 1.93 bits per heavy atom. The van der Waals surface area contributed by atoms with E-state index in [1.807, 2.05) is 30.3 Å². The van der Waals surface area contributed by atoms with Gasteiger partial charge in [0, 0.05) is 11.8 Å². The molecule has 1 aromatic rings. The van der Waals surface area contributed by atoms with Gasteiger partial charge in [0.25, 0.3) is 0 Å². The third kappa shape index (κ3) is 5.50. The topological polar surface area (TPSA) is 35.2 Å². The fourth-order valence-corrected chi connectivity index (χ4v) is 1.06. The Morgan fingerprint density at radius 1 is 1.29 bits per heavy atom. The summed E-state index contributed by atoms with van der Waals surface area (Å²) in [5.41, 5.74) is 6.81. The molecule has 0 bridgehead atoms. The van der Waals surface area contributed by atoms with Crippen molar-refractivity contribution < 1.29 is 4.74 Å². The predicted octanol–water partition coefficient (Wildman–Crippen LogP) is 1.88. The molecule has 4 heteroatoms. The van der Waals surface area contributed by atoms with Crippen molar-refractivity contribution in [1.82, 2.24) is 0 Å². The van der Waals surface area contributed by atoms with E-state index in [1.54, 1.807) is 0 Å². The Balaban J connectivity index is 0.00000169. The molecule has 0 radical (unpaired) electrons. The van der Waals surface area contributed by atoms with E-state index in [2.05, 4.69) is 12.6 Å².